The number of fused-ring (bicyclic) bond motifs is 2. The third kappa shape index (κ3) is 3.61. The molecule has 36 heavy (non-hydrogen) atoms. The highest BCUT2D eigenvalue weighted by Gasteiger charge is 2.31. The lowest BCUT2D eigenvalue weighted by Crippen LogP contribution is -2.19. The Bertz CT molecular complexity index is 1820. The number of hydrogen-bond acceptors (Lipinski definition) is 6. The van der Waals surface area contributed by atoms with Gasteiger partial charge in [0, 0.05) is 29.4 Å². The van der Waals surface area contributed by atoms with Gasteiger partial charge in [-0.1, -0.05) is 18.2 Å². The van der Waals surface area contributed by atoms with Crippen LogP contribution in [0.2, 0.25) is 0 Å². The third-order valence-electron chi connectivity index (χ3n) is 5.51. The van der Waals surface area contributed by atoms with Gasteiger partial charge in [-0.05, 0) is 36.4 Å². The minimum Gasteiger partial charge on any atom is -0.432 e. The number of hydrogen-bond donors (Lipinski definition) is 0. The first-order chi connectivity index (χ1) is 17.3. The molecule has 0 amide bonds. The molecule has 0 aliphatic heterocycles. The summed E-state index contributed by atoms with van der Waals surface area (Å²) in [6, 6.07) is 13.0. The topological polar surface area (TPSA) is 87.0 Å². The predicted octanol–water partition coefficient (Wildman–Crippen LogP) is 6.01. The summed E-state index contributed by atoms with van der Waals surface area (Å²) in [7, 11) is 0. The zero-order valence-corrected chi connectivity index (χ0v) is 18.0. The maximum Gasteiger partial charge on any atom is 0.416 e. The molecule has 178 valence electrons. The van der Waals surface area contributed by atoms with Crippen molar-refractivity contribution in [2.75, 3.05) is 0 Å². The van der Waals surface area contributed by atoms with E-state index < -0.39 is 23.1 Å². The van der Waals surface area contributed by atoms with Crippen LogP contribution in [0.25, 0.3) is 50.9 Å². The Kier molecular flexibility index (Phi) is 4.75. The van der Waals surface area contributed by atoms with Gasteiger partial charge in [-0.25, -0.2) is 9.37 Å². The van der Waals surface area contributed by atoms with Crippen LogP contribution in [-0.2, 0) is 6.18 Å². The molecule has 11 heteroatoms. The summed E-state index contributed by atoms with van der Waals surface area (Å²) in [4.78, 5) is 26.0. The van der Waals surface area contributed by atoms with Crippen molar-refractivity contribution in [2.24, 2.45) is 0 Å². The Balaban J connectivity index is 1.56. The lowest BCUT2D eigenvalue weighted by molar-refractivity contribution is -0.137. The fraction of sp³-hybridized carbons (Fsp3) is 0.0400. The van der Waals surface area contributed by atoms with E-state index in [4.69, 9.17) is 8.83 Å². The summed E-state index contributed by atoms with van der Waals surface area (Å²) in [5.41, 5.74) is -0.476. The summed E-state index contributed by atoms with van der Waals surface area (Å²) >= 11 is 0. The van der Waals surface area contributed by atoms with Crippen molar-refractivity contribution >= 4 is 22.0 Å². The normalized spacial score (nSPS) is 12.0. The molecule has 4 aromatic heterocycles. The molecule has 0 radical (unpaired) electrons. The zero-order chi connectivity index (χ0) is 25.0. The van der Waals surface area contributed by atoms with Crippen LogP contribution in [0.3, 0.4) is 0 Å². The minimum atomic E-state index is -4.53. The number of rotatable bonds is 3. The average Bonchev–Trinajstić information content (AvgIpc) is 3.48. The number of pyridine rings is 2. The Morgan fingerprint density at radius 1 is 0.889 bits per heavy atom. The van der Waals surface area contributed by atoms with Crippen molar-refractivity contribution < 1.29 is 26.4 Å². The molecule has 6 rings (SSSR count). The second-order valence-corrected chi connectivity index (χ2v) is 7.81. The summed E-state index contributed by atoms with van der Waals surface area (Å²) in [6.07, 6.45) is -1.60. The number of aromatic nitrogens is 4. The van der Waals surface area contributed by atoms with Crippen LogP contribution in [0.4, 0.5) is 17.6 Å². The molecular weight excluding hydrogens is 480 g/mol. The number of alkyl halides is 3. The van der Waals surface area contributed by atoms with E-state index in [-0.39, 0.29) is 40.0 Å². The molecule has 0 aliphatic rings. The lowest BCUT2D eigenvalue weighted by Gasteiger charge is -2.08. The van der Waals surface area contributed by atoms with E-state index in [0.29, 0.717) is 10.9 Å². The minimum absolute atomic E-state index is 0.00394. The highest BCUT2D eigenvalue weighted by atomic mass is 19.4. The molecule has 0 fully saturated rings. The first-order valence-electron chi connectivity index (χ1n) is 10.5. The maximum atomic E-state index is 13.6. The van der Waals surface area contributed by atoms with E-state index in [1.165, 1.54) is 41.2 Å². The summed E-state index contributed by atoms with van der Waals surface area (Å²) in [5.74, 6) is -0.772. The van der Waals surface area contributed by atoms with E-state index >= 15 is 0 Å². The van der Waals surface area contributed by atoms with Crippen LogP contribution in [0.1, 0.15) is 5.56 Å². The largest absolute Gasteiger partial charge is 0.432 e. The second kappa shape index (κ2) is 7.87. The summed E-state index contributed by atoms with van der Waals surface area (Å²) < 4.78 is 65.5. The molecule has 0 spiro atoms. The monoisotopic (exact) mass is 492 g/mol. The molecule has 4 heterocycles. The summed E-state index contributed by atoms with van der Waals surface area (Å²) in [5, 5.41) is 0.597. The molecule has 0 atom stereocenters. The van der Waals surface area contributed by atoms with Crippen LogP contribution in [0.15, 0.2) is 86.7 Å². The van der Waals surface area contributed by atoms with Gasteiger partial charge in [-0.3, -0.25) is 14.3 Å². The molecular formula is C25H12F4N4O3. The van der Waals surface area contributed by atoms with E-state index in [0.717, 1.165) is 18.2 Å². The van der Waals surface area contributed by atoms with Gasteiger partial charge in [-0.2, -0.15) is 18.2 Å². The quantitative estimate of drug-likeness (QED) is 0.282. The Morgan fingerprint density at radius 3 is 2.44 bits per heavy atom. The number of nitrogens with zero attached hydrogens (tertiary/aromatic N) is 4. The zero-order valence-electron chi connectivity index (χ0n) is 18.0. The Morgan fingerprint density at radius 2 is 1.67 bits per heavy atom. The second-order valence-electron chi connectivity index (χ2n) is 7.81. The lowest BCUT2D eigenvalue weighted by atomic mass is 10.1. The fourth-order valence-electron chi connectivity index (χ4n) is 3.79. The Hall–Kier alpha value is -4.80. The first kappa shape index (κ1) is 21.7. The van der Waals surface area contributed by atoms with Crippen LogP contribution in [0.5, 0.6) is 0 Å². The Labute approximate surface area is 198 Å². The van der Waals surface area contributed by atoms with Crippen molar-refractivity contribution in [1.29, 1.82) is 0 Å². The highest BCUT2D eigenvalue weighted by molar-refractivity contribution is 5.78. The highest BCUT2D eigenvalue weighted by Crippen LogP contribution is 2.35. The molecule has 0 aliphatic carbocycles. The number of oxazole rings is 2. The van der Waals surface area contributed by atoms with Gasteiger partial charge >= 0.3 is 6.18 Å². The van der Waals surface area contributed by atoms with Gasteiger partial charge < -0.3 is 8.83 Å². The maximum absolute atomic E-state index is 13.6. The molecule has 7 nitrogen and oxygen atoms in total. The molecule has 0 unspecified atom stereocenters. The molecule has 0 N–H and O–H groups in total. The van der Waals surface area contributed by atoms with Crippen LogP contribution in [0, 0.1) is 5.82 Å². The van der Waals surface area contributed by atoms with Crippen molar-refractivity contribution in [3.63, 3.8) is 0 Å². The van der Waals surface area contributed by atoms with E-state index in [9.17, 15) is 22.4 Å². The van der Waals surface area contributed by atoms with Gasteiger partial charge in [-0.15, -0.1) is 0 Å². The van der Waals surface area contributed by atoms with Crippen molar-refractivity contribution in [3.05, 3.63) is 94.8 Å². The number of halogens is 4. The average molecular weight is 492 g/mol. The smallest absolute Gasteiger partial charge is 0.416 e. The van der Waals surface area contributed by atoms with E-state index in [1.54, 1.807) is 18.2 Å². The molecule has 2 aromatic carbocycles. The van der Waals surface area contributed by atoms with E-state index in [1.807, 2.05) is 0 Å². The van der Waals surface area contributed by atoms with E-state index in [2.05, 4.69) is 15.0 Å². The van der Waals surface area contributed by atoms with Crippen molar-refractivity contribution in [1.82, 2.24) is 19.5 Å². The van der Waals surface area contributed by atoms with Gasteiger partial charge in [0.1, 0.15) is 16.9 Å². The standard InChI is InChI=1S/C25H12F4N4O3/c26-16-7-8-17-18(12-16)35-22(31-17)23-32-21(33-11-9-13-2-1-10-30-19(13)24(33)34)20(36-23)14-3-5-15(6-4-14)25(27,28)29/h1-12H. The van der Waals surface area contributed by atoms with Gasteiger partial charge in [0.15, 0.2) is 17.2 Å². The third-order valence-corrected chi connectivity index (χ3v) is 5.51. The van der Waals surface area contributed by atoms with Gasteiger partial charge in [0.05, 0.1) is 5.56 Å². The fourth-order valence-corrected chi connectivity index (χ4v) is 3.79. The SMILES string of the molecule is O=c1c2ncccc2ccn1-c1nc(-c2nc3ccc(F)cc3o2)oc1-c1ccc(C(F)(F)F)cc1. The molecule has 0 bridgehead atoms. The van der Waals surface area contributed by atoms with Crippen LogP contribution < -0.4 is 5.56 Å². The molecule has 6 aromatic rings. The van der Waals surface area contributed by atoms with Crippen molar-refractivity contribution in [3.8, 4) is 28.9 Å². The van der Waals surface area contributed by atoms with Gasteiger partial charge in [0.25, 0.3) is 17.3 Å². The summed E-state index contributed by atoms with van der Waals surface area (Å²) in [6.45, 7) is 0. The van der Waals surface area contributed by atoms with Gasteiger partial charge in [0.2, 0.25) is 0 Å². The molecule has 0 saturated carbocycles. The molecule has 0 saturated heterocycles. The first-order valence-corrected chi connectivity index (χ1v) is 10.5. The van der Waals surface area contributed by atoms with Crippen molar-refractivity contribution in [2.45, 2.75) is 6.18 Å². The van der Waals surface area contributed by atoms with Crippen LogP contribution >= 0.6 is 0 Å². The van der Waals surface area contributed by atoms with Crippen LogP contribution in [-0.4, -0.2) is 19.5 Å². The number of benzene rings is 2. The predicted molar refractivity (Wildman–Crippen MR) is 121 cm³/mol.